The maximum atomic E-state index is 12.7. The first-order valence-electron chi connectivity index (χ1n) is 13.9. The lowest BCUT2D eigenvalue weighted by Crippen LogP contribution is -2.30. The van der Waals surface area contributed by atoms with Gasteiger partial charge in [0.05, 0.1) is 48.1 Å². The number of hydrogen-bond donors (Lipinski definition) is 1. The molecule has 0 spiro atoms. The summed E-state index contributed by atoms with van der Waals surface area (Å²) in [5.41, 5.74) is 4.69. The first-order valence-corrected chi connectivity index (χ1v) is 13.9. The summed E-state index contributed by atoms with van der Waals surface area (Å²) in [6, 6.07) is 7.61. The molecule has 0 saturated carbocycles. The number of rotatable bonds is 3. The van der Waals surface area contributed by atoms with E-state index in [0.29, 0.717) is 36.8 Å². The second-order valence-corrected chi connectivity index (χ2v) is 10.5. The Morgan fingerprint density at radius 3 is 2.75 bits per heavy atom. The topological polar surface area (TPSA) is 105 Å². The number of pyridine rings is 1. The van der Waals surface area contributed by atoms with E-state index in [1.54, 1.807) is 16.9 Å². The van der Waals surface area contributed by atoms with Crippen molar-refractivity contribution in [2.45, 2.75) is 51.8 Å². The van der Waals surface area contributed by atoms with Crippen molar-refractivity contribution in [2.75, 3.05) is 19.8 Å². The molecule has 1 fully saturated rings. The summed E-state index contributed by atoms with van der Waals surface area (Å²) in [5.74, 6) is 1.14. The van der Waals surface area contributed by atoms with E-state index in [9.17, 15) is 4.79 Å². The number of fused-ring (bicyclic) bond motifs is 4. The summed E-state index contributed by atoms with van der Waals surface area (Å²) >= 11 is 0. The van der Waals surface area contributed by atoms with Crippen LogP contribution >= 0.6 is 0 Å². The minimum Gasteiger partial charge on any atom is -0.493 e. The van der Waals surface area contributed by atoms with Crippen LogP contribution in [0.25, 0.3) is 34.3 Å². The van der Waals surface area contributed by atoms with Crippen LogP contribution in [-0.2, 0) is 11.8 Å². The van der Waals surface area contributed by atoms with Gasteiger partial charge in [-0.15, -0.1) is 0 Å². The second-order valence-electron chi connectivity index (χ2n) is 10.5. The van der Waals surface area contributed by atoms with Gasteiger partial charge in [0.15, 0.2) is 6.23 Å². The Morgan fingerprint density at radius 1 is 1.05 bits per heavy atom. The SMILES string of the molecule is CC(C)NC(=O)c1ccc2c(c1)OCCCOc1c(cnn1C)-c1cc3c(nn(C4CCCCO4)c3cn1)/C=C/2. The van der Waals surface area contributed by atoms with Crippen molar-refractivity contribution in [2.24, 2.45) is 7.05 Å². The van der Waals surface area contributed by atoms with Gasteiger partial charge in [0.25, 0.3) is 5.91 Å². The molecule has 1 saturated heterocycles. The van der Waals surface area contributed by atoms with Crippen molar-refractivity contribution in [3.8, 4) is 22.9 Å². The number of amides is 1. The molecule has 0 radical (unpaired) electrons. The lowest BCUT2D eigenvalue weighted by molar-refractivity contribution is -0.0367. The highest BCUT2D eigenvalue weighted by Gasteiger charge is 2.23. The maximum absolute atomic E-state index is 12.7. The van der Waals surface area contributed by atoms with Crippen molar-refractivity contribution in [1.82, 2.24) is 29.9 Å². The Hall–Kier alpha value is -4.18. The van der Waals surface area contributed by atoms with Crippen LogP contribution in [0.3, 0.4) is 0 Å². The molecular weight excluding hydrogens is 508 g/mol. The minimum atomic E-state index is -0.134. The Kier molecular flexibility index (Phi) is 7.25. The fourth-order valence-electron chi connectivity index (χ4n) is 5.10. The molecule has 2 aliphatic rings. The number of aromatic nitrogens is 5. The summed E-state index contributed by atoms with van der Waals surface area (Å²) < 4.78 is 22.1. The first-order chi connectivity index (χ1) is 19.5. The predicted molar refractivity (Wildman–Crippen MR) is 152 cm³/mol. The summed E-state index contributed by atoms with van der Waals surface area (Å²) in [6.45, 7) is 5.46. The molecular formula is C30H34N6O4. The van der Waals surface area contributed by atoms with Crippen molar-refractivity contribution < 1.29 is 19.0 Å². The molecule has 2 bridgehead atoms. The highest BCUT2D eigenvalue weighted by molar-refractivity contribution is 5.96. The van der Waals surface area contributed by atoms with Crippen molar-refractivity contribution in [3.05, 3.63) is 53.5 Å². The van der Waals surface area contributed by atoms with Gasteiger partial charge in [-0.3, -0.25) is 9.78 Å². The quantitative estimate of drug-likeness (QED) is 0.388. The predicted octanol–water partition coefficient (Wildman–Crippen LogP) is 5.00. The lowest BCUT2D eigenvalue weighted by atomic mass is 10.1. The van der Waals surface area contributed by atoms with E-state index in [-0.39, 0.29) is 18.2 Å². The number of benzene rings is 1. The van der Waals surface area contributed by atoms with Crippen LogP contribution in [0.1, 0.15) is 67.4 Å². The largest absolute Gasteiger partial charge is 0.493 e. The molecule has 208 valence electrons. The molecule has 1 aromatic carbocycles. The second kappa shape index (κ2) is 11.1. The number of carbonyl (C=O) groups excluding carboxylic acids is 1. The van der Waals surface area contributed by atoms with Gasteiger partial charge in [-0.25, -0.2) is 9.36 Å². The Labute approximate surface area is 232 Å². The van der Waals surface area contributed by atoms with Crippen molar-refractivity contribution >= 4 is 29.0 Å². The molecule has 2 aliphatic heterocycles. The maximum Gasteiger partial charge on any atom is 0.251 e. The summed E-state index contributed by atoms with van der Waals surface area (Å²) in [6.07, 6.45) is 11.2. The molecule has 1 amide bonds. The van der Waals surface area contributed by atoms with Crippen LogP contribution < -0.4 is 14.8 Å². The van der Waals surface area contributed by atoms with Gasteiger partial charge < -0.3 is 19.5 Å². The van der Waals surface area contributed by atoms with Gasteiger partial charge in [0.1, 0.15) is 5.75 Å². The molecule has 0 aliphatic carbocycles. The molecule has 10 heteroatoms. The van der Waals surface area contributed by atoms with Crippen LogP contribution in [-0.4, -0.2) is 56.3 Å². The zero-order chi connectivity index (χ0) is 27.6. The summed E-state index contributed by atoms with van der Waals surface area (Å²) in [4.78, 5) is 17.5. The average Bonchev–Trinajstić information content (AvgIpc) is 3.51. The van der Waals surface area contributed by atoms with E-state index in [1.807, 2.05) is 62.1 Å². The number of ether oxygens (including phenoxy) is 3. The fraction of sp³-hybridized carbons (Fsp3) is 0.400. The van der Waals surface area contributed by atoms with E-state index in [0.717, 1.165) is 59.3 Å². The average molecular weight is 543 g/mol. The third-order valence-electron chi connectivity index (χ3n) is 7.11. The van der Waals surface area contributed by atoms with Gasteiger partial charge in [0.2, 0.25) is 5.88 Å². The van der Waals surface area contributed by atoms with Gasteiger partial charge >= 0.3 is 0 Å². The van der Waals surface area contributed by atoms with Gasteiger partial charge in [-0.05, 0) is 63.5 Å². The third-order valence-corrected chi connectivity index (χ3v) is 7.11. The van der Waals surface area contributed by atoms with Gasteiger partial charge in [-0.2, -0.15) is 10.2 Å². The zero-order valence-electron chi connectivity index (χ0n) is 23.1. The molecule has 6 rings (SSSR count). The Balaban J connectivity index is 1.46. The molecule has 10 nitrogen and oxygen atoms in total. The van der Waals surface area contributed by atoms with Crippen LogP contribution in [0.4, 0.5) is 0 Å². The molecule has 4 aromatic rings. The molecule has 1 N–H and O–H groups in total. The zero-order valence-corrected chi connectivity index (χ0v) is 23.1. The van der Waals surface area contributed by atoms with Crippen molar-refractivity contribution in [1.29, 1.82) is 0 Å². The molecule has 3 aromatic heterocycles. The fourth-order valence-corrected chi connectivity index (χ4v) is 5.10. The highest BCUT2D eigenvalue weighted by atomic mass is 16.5. The van der Waals surface area contributed by atoms with E-state index < -0.39 is 0 Å². The highest BCUT2D eigenvalue weighted by Crippen LogP contribution is 2.34. The Bertz CT molecular complexity index is 1560. The molecule has 1 unspecified atom stereocenters. The molecule has 5 heterocycles. The number of aryl methyl sites for hydroxylation is 1. The summed E-state index contributed by atoms with van der Waals surface area (Å²) in [7, 11) is 1.86. The first kappa shape index (κ1) is 26.1. The number of carbonyl (C=O) groups is 1. The number of hydrogen-bond acceptors (Lipinski definition) is 7. The van der Waals surface area contributed by atoms with Crippen LogP contribution in [0, 0.1) is 0 Å². The van der Waals surface area contributed by atoms with E-state index in [1.165, 1.54) is 0 Å². The number of nitrogens with zero attached hydrogens (tertiary/aromatic N) is 5. The summed E-state index contributed by atoms with van der Waals surface area (Å²) in [5, 5.41) is 13.3. The van der Waals surface area contributed by atoms with Gasteiger partial charge in [0, 0.05) is 42.6 Å². The van der Waals surface area contributed by atoms with Gasteiger partial charge in [-0.1, -0.05) is 6.07 Å². The minimum absolute atomic E-state index is 0.0379. The number of nitrogens with one attached hydrogen (secondary N) is 1. The van der Waals surface area contributed by atoms with Crippen molar-refractivity contribution in [3.63, 3.8) is 0 Å². The van der Waals surface area contributed by atoms with Crippen LogP contribution in [0.5, 0.6) is 11.6 Å². The monoisotopic (exact) mass is 542 g/mol. The Morgan fingerprint density at radius 2 is 1.93 bits per heavy atom. The normalized spacial score (nSPS) is 18.2. The molecule has 1 atom stereocenters. The third kappa shape index (κ3) is 5.19. The van der Waals surface area contributed by atoms with E-state index >= 15 is 0 Å². The smallest absolute Gasteiger partial charge is 0.251 e. The van der Waals surface area contributed by atoms with E-state index in [4.69, 9.17) is 24.3 Å². The molecule has 40 heavy (non-hydrogen) atoms. The van der Waals surface area contributed by atoms with E-state index in [2.05, 4.69) is 10.4 Å². The lowest BCUT2D eigenvalue weighted by Gasteiger charge is -2.23. The standard InChI is InChI=1S/C30H34N6O4/c1-19(2)33-29(37)21-9-8-20-10-11-24-22-16-25(31-18-26(22)36(34-24)28-7-4-5-12-39-28)23-17-32-35(3)30(23)40-14-6-13-38-27(20)15-21/h8-11,15-19,28H,4-7,12-14H2,1-3H3,(H,33,37)/b11-10+. The van der Waals surface area contributed by atoms with Crippen LogP contribution in [0.2, 0.25) is 0 Å². The van der Waals surface area contributed by atoms with Crippen LogP contribution in [0.15, 0.2) is 36.7 Å².